The van der Waals surface area contributed by atoms with Crippen LogP contribution in [0.25, 0.3) is 6.08 Å². The summed E-state index contributed by atoms with van der Waals surface area (Å²) in [6, 6.07) is 3.83. The number of hydrogen-bond acceptors (Lipinski definition) is 2. The zero-order valence-corrected chi connectivity index (χ0v) is 8.47. The number of carboxylic acid groups (broad SMARTS) is 1. The van der Waals surface area contributed by atoms with Gasteiger partial charge in [-0.05, 0) is 23.4 Å². The Hall–Kier alpha value is -1.09. The van der Waals surface area contributed by atoms with Crippen LogP contribution in [0.1, 0.15) is 18.7 Å². The van der Waals surface area contributed by atoms with Crippen molar-refractivity contribution in [1.29, 1.82) is 0 Å². The quantitative estimate of drug-likeness (QED) is 0.755. The summed E-state index contributed by atoms with van der Waals surface area (Å²) >= 11 is 1.55. The van der Waals surface area contributed by atoms with Gasteiger partial charge in [0.05, 0.1) is 0 Å². The molecule has 0 aliphatic rings. The lowest BCUT2D eigenvalue weighted by molar-refractivity contribution is -0.133. The van der Waals surface area contributed by atoms with Gasteiger partial charge in [0.25, 0.3) is 0 Å². The summed E-state index contributed by atoms with van der Waals surface area (Å²) in [7, 11) is 0. The van der Waals surface area contributed by atoms with Gasteiger partial charge in [0, 0.05) is 10.5 Å². The maximum atomic E-state index is 10.8. The standard InChI is InChI=1S/C10H12O2S/c1-7(2)9(10(11)12)6-8-4-3-5-13-8/h3-7H,1-2H3,(H,11,12). The Morgan fingerprint density at radius 3 is 2.69 bits per heavy atom. The lowest BCUT2D eigenvalue weighted by atomic mass is 10.0. The molecular weight excluding hydrogens is 184 g/mol. The topological polar surface area (TPSA) is 37.3 Å². The average Bonchev–Trinajstić information content (AvgIpc) is 2.50. The highest BCUT2D eigenvalue weighted by molar-refractivity contribution is 7.10. The largest absolute Gasteiger partial charge is 0.478 e. The van der Waals surface area contributed by atoms with Crippen LogP contribution in [0, 0.1) is 5.92 Å². The van der Waals surface area contributed by atoms with Gasteiger partial charge in [0.15, 0.2) is 0 Å². The molecule has 13 heavy (non-hydrogen) atoms. The minimum Gasteiger partial charge on any atom is -0.478 e. The Labute approximate surface area is 81.5 Å². The third-order valence-corrected chi connectivity index (χ3v) is 2.53. The molecule has 1 rings (SSSR count). The van der Waals surface area contributed by atoms with E-state index in [9.17, 15) is 4.79 Å². The Balaban J connectivity index is 2.94. The lowest BCUT2D eigenvalue weighted by Crippen LogP contribution is -2.06. The highest BCUT2D eigenvalue weighted by atomic mass is 32.1. The van der Waals surface area contributed by atoms with Gasteiger partial charge in [-0.3, -0.25) is 0 Å². The molecule has 0 saturated carbocycles. The predicted molar refractivity (Wildman–Crippen MR) is 54.8 cm³/mol. The molecule has 0 saturated heterocycles. The molecule has 0 spiro atoms. The minimum absolute atomic E-state index is 0.0552. The van der Waals surface area contributed by atoms with Crippen molar-refractivity contribution in [3.8, 4) is 0 Å². The second-order valence-electron chi connectivity index (χ2n) is 3.07. The molecule has 70 valence electrons. The maximum Gasteiger partial charge on any atom is 0.331 e. The number of hydrogen-bond donors (Lipinski definition) is 1. The molecule has 0 aliphatic carbocycles. The van der Waals surface area contributed by atoms with E-state index in [0.717, 1.165) is 4.88 Å². The van der Waals surface area contributed by atoms with Crippen molar-refractivity contribution in [3.05, 3.63) is 28.0 Å². The Kier molecular flexibility index (Phi) is 3.25. The number of carbonyl (C=O) groups is 1. The molecule has 0 aromatic carbocycles. The van der Waals surface area contributed by atoms with Crippen molar-refractivity contribution >= 4 is 23.4 Å². The summed E-state index contributed by atoms with van der Waals surface area (Å²) in [4.78, 5) is 11.8. The van der Waals surface area contributed by atoms with Crippen molar-refractivity contribution in [3.63, 3.8) is 0 Å². The van der Waals surface area contributed by atoms with E-state index in [1.165, 1.54) is 0 Å². The average molecular weight is 196 g/mol. The van der Waals surface area contributed by atoms with Gasteiger partial charge < -0.3 is 5.11 Å². The van der Waals surface area contributed by atoms with Gasteiger partial charge >= 0.3 is 5.97 Å². The third-order valence-electron chi connectivity index (χ3n) is 1.71. The fourth-order valence-electron chi connectivity index (χ4n) is 1.00. The molecule has 0 atom stereocenters. The van der Waals surface area contributed by atoms with E-state index in [2.05, 4.69) is 0 Å². The first-order valence-electron chi connectivity index (χ1n) is 4.09. The SMILES string of the molecule is CC(C)C(=Cc1cccs1)C(=O)O. The minimum atomic E-state index is -0.830. The molecule has 0 unspecified atom stereocenters. The summed E-state index contributed by atoms with van der Waals surface area (Å²) in [6.07, 6.45) is 1.73. The first kappa shape index (κ1) is 9.99. The molecule has 1 aromatic rings. The smallest absolute Gasteiger partial charge is 0.331 e. The van der Waals surface area contributed by atoms with Crippen molar-refractivity contribution in [2.75, 3.05) is 0 Å². The molecular formula is C10H12O2S. The van der Waals surface area contributed by atoms with Crippen LogP contribution in [0.3, 0.4) is 0 Å². The van der Waals surface area contributed by atoms with Crippen LogP contribution in [-0.2, 0) is 4.79 Å². The second-order valence-corrected chi connectivity index (χ2v) is 4.05. The fourth-order valence-corrected chi connectivity index (χ4v) is 1.67. The van der Waals surface area contributed by atoms with Gasteiger partial charge in [-0.15, -0.1) is 11.3 Å². The van der Waals surface area contributed by atoms with Crippen molar-refractivity contribution < 1.29 is 9.90 Å². The van der Waals surface area contributed by atoms with Crippen LogP contribution in [-0.4, -0.2) is 11.1 Å². The van der Waals surface area contributed by atoms with Crippen LogP contribution in [0.5, 0.6) is 0 Å². The van der Waals surface area contributed by atoms with Crippen LogP contribution in [0.15, 0.2) is 23.1 Å². The molecule has 0 fully saturated rings. The predicted octanol–water partition coefficient (Wildman–Crippen LogP) is 2.87. The lowest BCUT2D eigenvalue weighted by Gasteiger charge is -2.04. The number of aliphatic carboxylic acids is 1. The highest BCUT2D eigenvalue weighted by Gasteiger charge is 2.11. The zero-order valence-electron chi connectivity index (χ0n) is 7.65. The van der Waals surface area contributed by atoms with Crippen LogP contribution >= 0.6 is 11.3 Å². The summed E-state index contributed by atoms with van der Waals surface area (Å²) in [6.45, 7) is 3.76. The Morgan fingerprint density at radius 2 is 2.31 bits per heavy atom. The summed E-state index contributed by atoms with van der Waals surface area (Å²) in [5.74, 6) is -0.775. The first-order chi connectivity index (χ1) is 6.11. The maximum absolute atomic E-state index is 10.8. The van der Waals surface area contributed by atoms with Gasteiger partial charge in [0.2, 0.25) is 0 Å². The Bertz CT molecular complexity index is 310. The molecule has 3 heteroatoms. The normalized spacial score (nSPS) is 12.1. The van der Waals surface area contributed by atoms with Gasteiger partial charge in [-0.2, -0.15) is 0 Å². The fraction of sp³-hybridized carbons (Fsp3) is 0.300. The van der Waals surface area contributed by atoms with E-state index < -0.39 is 5.97 Å². The summed E-state index contributed by atoms with van der Waals surface area (Å²) in [5.41, 5.74) is 0.461. The molecule has 0 aliphatic heterocycles. The van der Waals surface area contributed by atoms with E-state index >= 15 is 0 Å². The van der Waals surface area contributed by atoms with Gasteiger partial charge in [-0.1, -0.05) is 19.9 Å². The van der Waals surface area contributed by atoms with Crippen molar-refractivity contribution in [1.82, 2.24) is 0 Å². The number of rotatable bonds is 3. The number of thiophene rings is 1. The molecule has 0 bridgehead atoms. The van der Waals surface area contributed by atoms with E-state index in [1.807, 2.05) is 31.4 Å². The molecule has 2 nitrogen and oxygen atoms in total. The molecule has 1 aromatic heterocycles. The van der Waals surface area contributed by atoms with E-state index in [1.54, 1.807) is 17.4 Å². The zero-order chi connectivity index (χ0) is 9.84. The highest BCUT2D eigenvalue weighted by Crippen LogP contribution is 2.18. The van der Waals surface area contributed by atoms with Crippen LogP contribution in [0.2, 0.25) is 0 Å². The first-order valence-corrected chi connectivity index (χ1v) is 4.97. The van der Waals surface area contributed by atoms with E-state index in [-0.39, 0.29) is 5.92 Å². The third kappa shape index (κ3) is 2.70. The molecule has 1 heterocycles. The molecule has 0 amide bonds. The summed E-state index contributed by atoms with van der Waals surface area (Å²) < 4.78 is 0. The van der Waals surface area contributed by atoms with Crippen molar-refractivity contribution in [2.24, 2.45) is 5.92 Å². The summed E-state index contributed by atoms with van der Waals surface area (Å²) in [5, 5.41) is 10.8. The van der Waals surface area contributed by atoms with Crippen LogP contribution in [0.4, 0.5) is 0 Å². The second kappa shape index (κ2) is 4.23. The Morgan fingerprint density at radius 1 is 1.62 bits per heavy atom. The van der Waals surface area contributed by atoms with E-state index in [0.29, 0.717) is 5.57 Å². The molecule has 1 N–H and O–H groups in total. The van der Waals surface area contributed by atoms with Crippen molar-refractivity contribution in [2.45, 2.75) is 13.8 Å². The van der Waals surface area contributed by atoms with E-state index in [4.69, 9.17) is 5.11 Å². The van der Waals surface area contributed by atoms with Gasteiger partial charge in [0.1, 0.15) is 0 Å². The molecule has 0 radical (unpaired) electrons. The van der Waals surface area contributed by atoms with Crippen LogP contribution < -0.4 is 0 Å². The monoisotopic (exact) mass is 196 g/mol. The van der Waals surface area contributed by atoms with Gasteiger partial charge in [-0.25, -0.2) is 4.79 Å². The number of carboxylic acids is 1.